The third kappa shape index (κ3) is 3.64. The van der Waals surface area contributed by atoms with Crippen molar-refractivity contribution >= 4 is 45.7 Å². The van der Waals surface area contributed by atoms with E-state index in [0.29, 0.717) is 45.0 Å². The number of anilines is 3. The molecule has 1 aromatic carbocycles. The SMILES string of the molecule is O[C@H]1[C@@H]2C[C@H]1CN(c1ncc3ncnc(Nc4ccc(Oc5ccn6ncnc6c5)c(Cl)c4)c3n1)C2. The molecular formula is C24H20ClN9O2. The fraction of sp³-hybridized carbons (Fsp3) is 0.250. The van der Waals surface area contributed by atoms with Crippen molar-refractivity contribution in [2.75, 3.05) is 23.3 Å². The van der Waals surface area contributed by atoms with Crippen molar-refractivity contribution in [3.8, 4) is 11.5 Å². The lowest BCUT2D eigenvalue weighted by Gasteiger charge is -2.51. The highest BCUT2D eigenvalue weighted by molar-refractivity contribution is 6.32. The van der Waals surface area contributed by atoms with Gasteiger partial charge in [-0.05, 0) is 30.7 Å². The van der Waals surface area contributed by atoms with Crippen LogP contribution < -0.4 is 15.0 Å². The maximum absolute atomic E-state index is 10.1. The van der Waals surface area contributed by atoms with Gasteiger partial charge in [-0.3, -0.25) is 0 Å². The van der Waals surface area contributed by atoms with Gasteiger partial charge in [0, 0.05) is 42.9 Å². The van der Waals surface area contributed by atoms with Gasteiger partial charge < -0.3 is 20.1 Å². The second kappa shape index (κ2) is 8.25. The molecule has 6 heterocycles. The molecule has 2 saturated heterocycles. The van der Waals surface area contributed by atoms with E-state index in [2.05, 4.69) is 35.3 Å². The Morgan fingerprint density at radius 1 is 1.03 bits per heavy atom. The Labute approximate surface area is 209 Å². The van der Waals surface area contributed by atoms with Gasteiger partial charge in [0.2, 0.25) is 5.95 Å². The van der Waals surface area contributed by atoms with Crippen molar-refractivity contribution in [3.63, 3.8) is 0 Å². The summed E-state index contributed by atoms with van der Waals surface area (Å²) in [6, 6.07) is 8.98. The summed E-state index contributed by atoms with van der Waals surface area (Å²) in [5.41, 5.74) is 2.65. The quantitative estimate of drug-likeness (QED) is 0.369. The molecule has 0 unspecified atom stereocenters. The molecule has 3 atom stereocenters. The van der Waals surface area contributed by atoms with E-state index in [1.165, 1.54) is 12.7 Å². The third-order valence-corrected chi connectivity index (χ3v) is 7.10. The molecule has 11 nitrogen and oxygen atoms in total. The number of aliphatic hydroxyl groups is 1. The summed E-state index contributed by atoms with van der Waals surface area (Å²) in [6.07, 6.45) is 7.29. The molecule has 2 bridgehead atoms. The minimum absolute atomic E-state index is 0.204. The van der Waals surface area contributed by atoms with Crippen LogP contribution in [0.4, 0.5) is 17.5 Å². The Morgan fingerprint density at radius 2 is 1.92 bits per heavy atom. The van der Waals surface area contributed by atoms with Crippen LogP contribution in [0.1, 0.15) is 6.42 Å². The molecule has 1 saturated carbocycles. The van der Waals surface area contributed by atoms with E-state index >= 15 is 0 Å². The summed E-state index contributed by atoms with van der Waals surface area (Å²) in [5.74, 6) is 2.85. The van der Waals surface area contributed by atoms with Gasteiger partial charge in [-0.1, -0.05) is 11.6 Å². The lowest BCUT2D eigenvalue weighted by atomic mass is 9.68. The number of ether oxygens (including phenoxy) is 1. The van der Waals surface area contributed by atoms with Crippen LogP contribution in [0.25, 0.3) is 16.7 Å². The van der Waals surface area contributed by atoms with Gasteiger partial charge in [-0.2, -0.15) is 5.10 Å². The molecule has 8 rings (SSSR count). The van der Waals surface area contributed by atoms with Crippen LogP contribution in [0, 0.1) is 11.8 Å². The van der Waals surface area contributed by atoms with Crippen LogP contribution in [0.3, 0.4) is 0 Å². The number of halogens is 1. The number of rotatable bonds is 5. The molecular weight excluding hydrogens is 482 g/mol. The van der Waals surface area contributed by atoms with Crippen molar-refractivity contribution in [1.82, 2.24) is 34.5 Å². The van der Waals surface area contributed by atoms with Gasteiger partial charge in [0.15, 0.2) is 11.5 Å². The predicted octanol–water partition coefficient (Wildman–Crippen LogP) is 3.47. The standard InChI is InChI=1S/C24H20ClN9O2/c25-17-6-15(1-2-19(17)36-16-3-4-34-20(7-16)28-12-30-34)31-23-21-18(27-11-29-23)8-26-24(32-21)33-9-13-5-14(10-33)22(13)35/h1-4,6-8,11-14,22,35H,5,9-10H2,(H,27,29,31)/t13-,14+,22+. The first-order valence-corrected chi connectivity index (χ1v) is 11.9. The summed E-state index contributed by atoms with van der Waals surface area (Å²) < 4.78 is 7.61. The number of nitrogens with zero attached hydrogens (tertiary/aromatic N) is 8. The van der Waals surface area contributed by atoms with E-state index in [9.17, 15) is 5.11 Å². The van der Waals surface area contributed by atoms with Gasteiger partial charge in [-0.15, -0.1) is 0 Å². The Hall–Kier alpha value is -4.09. The van der Waals surface area contributed by atoms with Gasteiger partial charge >= 0.3 is 0 Å². The Bertz CT molecular complexity index is 1600. The number of pyridine rings is 1. The van der Waals surface area contributed by atoms with Crippen LogP contribution in [0.15, 0.2) is 55.4 Å². The van der Waals surface area contributed by atoms with E-state index in [0.717, 1.165) is 25.2 Å². The van der Waals surface area contributed by atoms with Crippen molar-refractivity contribution < 1.29 is 9.84 Å². The summed E-state index contributed by atoms with van der Waals surface area (Å²) >= 11 is 6.53. The van der Waals surface area contributed by atoms with E-state index < -0.39 is 0 Å². The van der Waals surface area contributed by atoms with Crippen LogP contribution in [0.5, 0.6) is 11.5 Å². The van der Waals surface area contributed by atoms with Crippen molar-refractivity contribution in [1.29, 1.82) is 0 Å². The number of nitrogens with one attached hydrogen (secondary N) is 1. The van der Waals surface area contributed by atoms with E-state index in [1.807, 2.05) is 6.07 Å². The van der Waals surface area contributed by atoms with Gasteiger partial charge in [-0.25, -0.2) is 29.4 Å². The molecule has 12 heteroatoms. The highest BCUT2D eigenvalue weighted by atomic mass is 35.5. The topological polar surface area (TPSA) is 126 Å². The number of hydrogen-bond donors (Lipinski definition) is 2. The Kier molecular flexibility index (Phi) is 4.86. The molecule has 3 aliphatic rings. The first-order valence-electron chi connectivity index (χ1n) is 11.6. The lowest BCUT2D eigenvalue weighted by molar-refractivity contribution is -0.0534. The minimum atomic E-state index is -0.204. The zero-order valence-electron chi connectivity index (χ0n) is 18.9. The zero-order valence-corrected chi connectivity index (χ0v) is 19.6. The number of fused-ring (bicyclic) bond motifs is 4. The normalized spacial score (nSPS) is 20.9. The fourth-order valence-electron chi connectivity index (χ4n) is 4.90. The highest BCUT2D eigenvalue weighted by Crippen LogP contribution is 2.41. The number of aromatic nitrogens is 7. The average molecular weight is 502 g/mol. The van der Waals surface area contributed by atoms with E-state index in [1.54, 1.807) is 41.2 Å². The Balaban J connectivity index is 1.13. The van der Waals surface area contributed by atoms with Crippen molar-refractivity contribution in [3.05, 3.63) is 60.4 Å². The predicted molar refractivity (Wildman–Crippen MR) is 133 cm³/mol. The molecule has 5 aromatic rings. The van der Waals surface area contributed by atoms with Crippen LogP contribution >= 0.6 is 11.6 Å². The van der Waals surface area contributed by atoms with Crippen LogP contribution in [-0.4, -0.2) is 58.8 Å². The molecule has 2 N–H and O–H groups in total. The molecule has 0 spiro atoms. The molecule has 0 radical (unpaired) electrons. The average Bonchev–Trinajstić information content (AvgIpc) is 3.38. The zero-order chi connectivity index (χ0) is 24.2. The summed E-state index contributed by atoms with van der Waals surface area (Å²) in [5, 5.41) is 17.9. The maximum atomic E-state index is 10.1. The number of aliphatic hydroxyl groups excluding tert-OH is 1. The van der Waals surface area contributed by atoms with E-state index in [-0.39, 0.29) is 17.9 Å². The molecule has 2 aliphatic heterocycles. The molecule has 36 heavy (non-hydrogen) atoms. The van der Waals surface area contributed by atoms with Gasteiger partial charge in [0.05, 0.1) is 17.3 Å². The number of hydrogen-bond acceptors (Lipinski definition) is 10. The third-order valence-electron chi connectivity index (χ3n) is 6.80. The number of piperidine rings is 2. The summed E-state index contributed by atoms with van der Waals surface area (Å²) in [6.45, 7) is 1.50. The maximum Gasteiger partial charge on any atom is 0.226 e. The molecule has 3 fully saturated rings. The largest absolute Gasteiger partial charge is 0.456 e. The van der Waals surface area contributed by atoms with Gasteiger partial charge in [0.1, 0.15) is 35.2 Å². The molecule has 180 valence electrons. The summed E-state index contributed by atoms with van der Waals surface area (Å²) in [7, 11) is 0. The second-order valence-electron chi connectivity index (χ2n) is 9.08. The number of benzene rings is 1. The highest BCUT2D eigenvalue weighted by Gasteiger charge is 2.46. The fourth-order valence-corrected chi connectivity index (χ4v) is 5.12. The first kappa shape index (κ1) is 21.2. The molecule has 4 aromatic heterocycles. The lowest BCUT2D eigenvalue weighted by Crippen LogP contribution is -2.58. The first-order chi connectivity index (χ1) is 17.6. The smallest absolute Gasteiger partial charge is 0.226 e. The van der Waals surface area contributed by atoms with Crippen LogP contribution in [-0.2, 0) is 0 Å². The minimum Gasteiger partial charge on any atom is -0.456 e. The van der Waals surface area contributed by atoms with Gasteiger partial charge in [0.25, 0.3) is 0 Å². The molecule has 1 aliphatic carbocycles. The molecule has 0 amide bonds. The van der Waals surface area contributed by atoms with Crippen molar-refractivity contribution in [2.45, 2.75) is 12.5 Å². The van der Waals surface area contributed by atoms with E-state index in [4.69, 9.17) is 21.3 Å². The van der Waals surface area contributed by atoms with Crippen molar-refractivity contribution in [2.24, 2.45) is 11.8 Å². The summed E-state index contributed by atoms with van der Waals surface area (Å²) in [4.78, 5) is 24.3. The van der Waals surface area contributed by atoms with Crippen LogP contribution in [0.2, 0.25) is 5.02 Å². The monoisotopic (exact) mass is 501 g/mol. The second-order valence-corrected chi connectivity index (χ2v) is 9.48. The Morgan fingerprint density at radius 3 is 2.75 bits per heavy atom.